The highest BCUT2D eigenvalue weighted by molar-refractivity contribution is 7.89. The van der Waals surface area contributed by atoms with Gasteiger partial charge in [0, 0.05) is 23.8 Å². The van der Waals surface area contributed by atoms with Crippen molar-refractivity contribution in [1.29, 1.82) is 0 Å². The van der Waals surface area contributed by atoms with Gasteiger partial charge in [-0.25, -0.2) is 23.1 Å². The predicted molar refractivity (Wildman–Crippen MR) is 83.9 cm³/mol. The molecule has 0 saturated heterocycles. The Hall–Kier alpha value is -1.51. The third-order valence-electron chi connectivity index (χ3n) is 2.76. The molecule has 114 valence electrons. The van der Waals surface area contributed by atoms with Crippen LogP contribution >= 0.6 is 11.3 Å². The van der Waals surface area contributed by atoms with Crippen LogP contribution in [-0.2, 0) is 23.0 Å². The van der Waals surface area contributed by atoms with Gasteiger partial charge in [0.1, 0.15) is 5.01 Å². The molecule has 0 spiro atoms. The predicted octanol–water partition coefficient (Wildman–Crippen LogP) is 2.01. The second kappa shape index (κ2) is 6.97. The highest BCUT2D eigenvalue weighted by atomic mass is 32.2. The van der Waals surface area contributed by atoms with Crippen molar-refractivity contribution < 1.29 is 8.42 Å². The van der Waals surface area contributed by atoms with E-state index in [9.17, 15) is 8.42 Å². The first kappa shape index (κ1) is 15.9. The summed E-state index contributed by atoms with van der Waals surface area (Å²) < 4.78 is 27.2. The molecule has 2 N–H and O–H groups in total. The lowest BCUT2D eigenvalue weighted by molar-refractivity contribution is 0.577. The molecule has 0 aromatic carbocycles. The first-order valence-corrected chi connectivity index (χ1v) is 8.99. The van der Waals surface area contributed by atoms with Crippen LogP contribution in [0.5, 0.6) is 0 Å². The van der Waals surface area contributed by atoms with E-state index >= 15 is 0 Å². The molecule has 0 radical (unpaired) electrons. The van der Waals surface area contributed by atoms with Crippen molar-refractivity contribution >= 4 is 27.0 Å². The molecule has 0 aliphatic heterocycles. The molecule has 2 heterocycles. The van der Waals surface area contributed by atoms with Gasteiger partial charge >= 0.3 is 0 Å². The van der Waals surface area contributed by atoms with Crippen LogP contribution in [0.15, 0.2) is 29.6 Å². The molecule has 2 aromatic rings. The fourth-order valence-electron chi connectivity index (χ4n) is 1.75. The van der Waals surface area contributed by atoms with E-state index in [2.05, 4.69) is 20.0 Å². The summed E-state index contributed by atoms with van der Waals surface area (Å²) in [5, 5.41) is 3.76. The van der Waals surface area contributed by atoms with Crippen LogP contribution in [-0.4, -0.2) is 24.9 Å². The summed E-state index contributed by atoms with van der Waals surface area (Å²) in [5.74, 6) is 0. The highest BCUT2D eigenvalue weighted by Gasteiger charge is 2.20. The van der Waals surface area contributed by atoms with Crippen LogP contribution < -0.4 is 10.0 Å². The number of aryl methyl sites for hydroxylation is 1. The van der Waals surface area contributed by atoms with Gasteiger partial charge in [0.05, 0.1) is 12.2 Å². The van der Waals surface area contributed by atoms with Crippen LogP contribution in [0, 0.1) is 0 Å². The average molecular weight is 326 g/mol. The van der Waals surface area contributed by atoms with Gasteiger partial charge in [-0.3, -0.25) is 0 Å². The molecule has 0 fully saturated rings. The largest absolute Gasteiger partial charge is 0.383 e. The minimum absolute atomic E-state index is 0.0131. The van der Waals surface area contributed by atoms with Crippen molar-refractivity contribution in [3.63, 3.8) is 0 Å². The zero-order valence-corrected chi connectivity index (χ0v) is 13.6. The SMILES string of the molecule is CCNc1cccnc1S(=O)(=O)NCc1ncc(CC)s1. The summed E-state index contributed by atoms with van der Waals surface area (Å²) in [6.45, 7) is 4.74. The fraction of sp³-hybridized carbons (Fsp3) is 0.385. The van der Waals surface area contributed by atoms with E-state index in [1.165, 1.54) is 17.5 Å². The minimum Gasteiger partial charge on any atom is -0.383 e. The van der Waals surface area contributed by atoms with Crippen LogP contribution in [0.2, 0.25) is 0 Å². The van der Waals surface area contributed by atoms with Crippen LogP contribution in [0.25, 0.3) is 0 Å². The number of thiazole rings is 1. The number of anilines is 1. The minimum atomic E-state index is -3.67. The Bertz CT molecular complexity index is 698. The molecule has 0 aliphatic carbocycles. The van der Waals surface area contributed by atoms with Crippen molar-refractivity contribution in [3.05, 3.63) is 34.4 Å². The summed E-state index contributed by atoms with van der Waals surface area (Å²) in [5.41, 5.74) is 0.501. The van der Waals surface area contributed by atoms with E-state index in [0.717, 1.165) is 16.3 Å². The molecule has 0 unspecified atom stereocenters. The molecular weight excluding hydrogens is 308 g/mol. The van der Waals surface area contributed by atoms with Gasteiger partial charge in [-0.2, -0.15) is 0 Å². The van der Waals surface area contributed by atoms with Crippen molar-refractivity contribution in [1.82, 2.24) is 14.7 Å². The molecular formula is C13H18N4O2S2. The molecule has 21 heavy (non-hydrogen) atoms. The number of nitrogens with one attached hydrogen (secondary N) is 2. The molecule has 0 saturated carbocycles. The summed E-state index contributed by atoms with van der Waals surface area (Å²) in [4.78, 5) is 9.31. The van der Waals surface area contributed by atoms with Crippen molar-refractivity contribution in [3.8, 4) is 0 Å². The topological polar surface area (TPSA) is 84.0 Å². The van der Waals surface area contributed by atoms with Gasteiger partial charge in [0.2, 0.25) is 0 Å². The number of hydrogen-bond donors (Lipinski definition) is 2. The van der Waals surface area contributed by atoms with Crippen LogP contribution in [0.1, 0.15) is 23.7 Å². The monoisotopic (exact) mass is 326 g/mol. The quantitative estimate of drug-likeness (QED) is 0.813. The Morgan fingerprint density at radius 3 is 2.76 bits per heavy atom. The lowest BCUT2D eigenvalue weighted by Crippen LogP contribution is -2.25. The Kier molecular flexibility index (Phi) is 5.27. The average Bonchev–Trinajstić information content (AvgIpc) is 2.94. The number of pyridine rings is 1. The number of nitrogens with zero attached hydrogens (tertiary/aromatic N) is 2. The number of sulfonamides is 1. The smallest absolute Gasteiger partial charge is 0.260 e. The lowest BCUT2D eigenvalue weighted by Gasteiger charge is -2.10. The van der Waals surface area contributed by atoms with E-state index in [0.29, 0.717) is 12.2 Å². The second-order valence-electron chi connectivity index (χ2n) is 4.28. The summed E-state index contributed by atoms with van der Waals surface area (Å²) in [6, 6.07) is 3.40. The van der Waals surface area contributed by atoms with Crippen LogP contribution in [0.4, 0.5) is 5.69 Å². The maximum Gasteiger partial charge on any atom is 0.260 e. The first-order chi connectivity index (χ1) is 10.1. The van der Waals surface area contributed by atoms with Crippen LogP contribution in [0.3, 0.4) is 0 Å². The molecule has 2 aromatic heterocycles. The maximum atomic E-state index is 12.3. The standard InChI is InChI=1S/C13H18N4O2S2/c1-3-10-8-16-12(20-10)9-17-21(18,19)13-11(14-4-2)6-5-7-15-13/h5-8,14,17H,3-4,9H2,1-2H3. The molecule has 0 bridgehead atoms. The molecule has 6 nitrogen and oxygen atoms in total. The van der Waals surface area contributed by atoms with E-state index in [4.69, 9.17) is 0 Å². The van der Waals surface area contributed by atoms with E-state index in [1.54, 1.807) is 18.3 Å². The van der Waals surface area contributed by atoms with Gasteiger partial charge in [-0.1, -0.05) is 6.92 Å². The zero-order chi connectivity index (χ0) is 15.3. The van der Waals surface area contributed by atoms with E-state index in [1.807, 2.05) is 13.8 Å². The van der Waals surface area contributed by atoms with Gasteiger partial charge in [-0.15, -0.1) is 11.3 Å². The third-order valence-corrected chi connectivity index (χ3v) is 5.26. The normalized spacial score (nSPS) is 11.5. The van der Waals surface area contributed by atoms with E-state index in [-0.39, 0.29) is 11.6 Å². The first-order valence-electron chi connectivity index (χ1n) is 6.69. The molecule has 2 rings (SSSR count). The Labute approximate surface area is 128 Å². The van der Waals surface area contributed by atoms with E-state index < -0.39 is 10.0 Å². The second-order valence-corrected chi connectivity index (χ2v) is 7.17. The molecule has 8 heteroatoms. The van der Waals surface area contributed by atoms with Crippen molar-refractivity contribution in [2.45, 2.75) is 31.8 Å². The zero-order valence-electron chi connectivity index (χ0n) is 12.0. The lowest BCUT2D eigenvalue weighted by atomic mass is 10.4. The maximum absolute atomic E-state index is 12.3. The third kappa shape index (κ3) is 3.99. The molecule has 0 aliphatic rings. The van der Waals surface area contributed by atoms with Gasteiger partial charge in [0.15, 0.2) is 5.03 Å². The summed E-state index contributed by atoms with van der Waals surface area (Å²) in [7, 11) is -3.67. The van der Waals surface area contributed by atoms with Gasteiger partial charge < -0.3 is 5.32 Å². The fourth-order valence-corrected chi connectivity index (χ4v) is 3.73. The number of rotatable bonds is 7. The number of aromatic nitrogens is 2. The Morgan fingerprint density at radius 1 is 1.29 bits per heavy atom. The van der Waals surface area contributed by atoms with Crippen molar-refractivity contribution in [2.24, 2.45) is 0 Å². The summed E-state index contributed by atoms with van der Waals surface area (Å²) in [6.07, 6.45) is 4.14. The summed E-state index contributed by atoms with van der Waals surface area (Å²) >= 11 is 1.51. The van der Waals surface area contributed by atoms with Gasteiger partial charge in [0.25, 0.3) is 10.0 Å². The highest BCUT2D eigenvalue weighted by Crippen LogP contribution is 2.19. The van der Waals surface area contributed by atoms with Crippen molar-refractivity contribution in [2.75, 3.05) is 11.9 Å². The molecule has 0 atom stereocenters. The number of hydrogen-bond acceptors (Lipinski definition) is 6. The Morgan fingerprint density at radius 2 is 2.10 bits per heavy atom. The Balaban J connectivity index is 2.14. The van der Waals surface area contributed by atoms with Gasteiger partial charge in [-0.05, 0) is 25.5 Å². The molecule has 0 amide bonds.